The predicted octanol–water partition coefficient (Wildman–Crippen LogP) is 4.94. The maximum Gasteiger partial charge on any atom is 0.244 e. The Hall–Kier alpha value is -1.52. The van der Waals surface area contributed by atoms with E-state index in [1.807, 2.05) is 25.1 Å². The molecule has 6 nitrogen and oxygen atoms in total. The van der Waals surface area contributed by atoms with Gasteiger partial charge < -0.3 is 4.90 Å². The molecule has 32 heavy (non-hydrogen) atoms. The summed E-state index contributed by atoms with van der Waals surface area (Å²) in [5, 5.41) is 0.518. The average molecular weight is 561 g/mol. The first-order chi connectivity index (χ1) is 14.7. The number of hydrogen-bond donors (Lipinski definition) is 0. The number of likely N-dealkylation sites (N-methyl/N-ethyl adjacent to an activating group) is 1. The molecule has 0 radical (unpaired) electrons. The van der Waals surface area contributed by atoms with Gasteiger partial charge in [-0.15, -0.1) is 12.4 Å². The van der Waals surface area contributed by atoms with Crippen molar-refractivity contribution in [2.24, 2.45) is 0 Å². The van der Waals surface area contributed by atoms with Crippen molar-refractivity contribution in [3.05, 3.63) is 52.5 Å². The number of aromatic nitrogens is 1. The first-order valence-corrected chi connectivity index (χ1v) is 13.4. The number of carbonyl (C=O) groups excluding carboxylic acids is 1. The van der Waals surface area contributed by atoms with Crippen molar-refractivity contribution >= 4 is 70.8 Å². The van der Waals surface area contributed by atoms with Gasteiger partial charge in [0, 0.05) is 17.6 Å². The van der Waals surface area contributed by atoms with Crippen LogP contribution in [-0.4, -0.2) is 56.1 Å². The van der Waals surface area contributed by atoms with E-state index in [1.54, 1.807) is 24.3 Å². The van der Waals surface area contributed by atoms with Crippen LogP contribution in [0.15, 0.2) is 51.8 Å². The van der Waals surface area contributed by atoms with Gasteiger partial charge in [0.15, 0.2) is 15.0 Å². The van der Waals surface area contributed by atoms with Gasteiger partial charge >= 0.3 is 0 Å². The van der Waals surface area contributed by atoms with Crippen molar-refractivity contribution in [2.45, 2.75) is 25.7 Å². The van der Waals surface area contributed by atoms with Gasteiger partial charge in [0.2, 0.25) is 5.91 Å². The molecule has 1 amide bonds. The third kappa shape index (κ3) is 6.51. The summed E-state index contributed by atoms with van der Waals surface area (Å²) in [6.07, 6.45) is 0. The summed E-state index contributed by atoms with van der Waals surface area (Å²) >= 11 is 4.85. The maximum absolute atomic E-state index is 13.2. The lowest BCUT2D eigenvalue weighted by Crippen LogP contribution is -2.41. The highest BCUT2D eigenvalue weighted by Gasteiger charge is 2.27. The Kier molecular flexibility index (Phi) is 9.66. The molecule has 1 heterocycles. The zero-order valence-electron chi connectivity index (χ0n) is 18.2. The topological polar surface area (TPSA) is 70.6 Å². The Balaban J connectivity index is 0.00000363. The van der Waals surface area contributed by atoms with E-state index >= 15 is 0 Å². The third-order valence-electron chi connectivity index (χ3n) is 5.10. The van der Waals surface area contributed by atoms with Gasteiger partial charge in [-0.3, -0.25) is 9.69 Å². The summed E-state index contributed by atoms with van der Waals surface area (Å²) in [6.45, 7) is 8.75. The summed E-state index contributed by atoms with van der Waals surface area (Å²) in [7, 11) is -3.75. The van der Waals surface area contributed by atoms with Gasteiger partial charge in [0.25, 0.3) is 0 Å². The molecule has 3 aromatic rings. The molecule has 0 aliphatic heterocycles. The van der Waals surface area contributed by atoms with E-state index in [1.165, 1.54) is 16.2 Å². The number of sulfone groups is 1. The SMILES string of the molecule is CCN(CC)CCN(C(=O)CS(=O)(=O)c1ccc(C)cc1)c1nc2ccc(Br)cc2s1.Cl. The number of amides is 1. The summed E-state index contributed by atoms with van der Waals surface area (Å²) in [6, 6.07) is 12.3. The smallest absolute Gasteiger partial charge is 0.244 e. The molecule has 0 aliphatic rings. The molecule has 0 N–H and O–H groups in total. The fraction of sp³-hybridized carbons (Fsp3) is 0.364. The molecule has 174 valence electrons. The molecule has 0 fully saturated rings. The van der Waals surface area contributed by atoms with E-state index in [-0.39, 0.29) is 17.3 Å². The molecule has 0 bridgehead atoms. The van der Waals surface area contributed by atoms with Crippen LogP contribution in [0.1, 0.15) is 19.4 Å². The number of hydrogen-bond acceptors (Lipinski definition) is 6. The number of thiazole rings is 1. The number of aryl methyl sites for hydroxylation is 1. The van der Waals surface area contributed by atoms with Gasteiger partial charge in [-0.05, 0) is 50.3 Å². The number of nitrogens with zero attached hydrogens (tertiary/aromatic N) is 3. The highest BCUT2D eigenvalue weighted by atomic mass is 79.9. The van der Waals surface area contributed by atoms with Gasteiger partial charge in [-0.2, -0.15) is 0 Å². The summed E-state index contributed by atoms with van der Waals surface area (Å²) < 4.78 is 27.6. The Morgan fingerprint density at radius 3 is 2.34 bits per heavy atom. The lowest BCUT2D eigenvalue weighted by molar-refractivity contribution is -0.116. The lowest BCUT2D eigenvalue weighted by atomic mass is 10.2. The second-order valence-electron chi connectivity index (χ2n) is 7.25. The predicted molar refractivity (Wildman–Crippen MR) is 138 cm³/mol. The largest absolute Gasteiger partial charge is 0.302 e. The van der Waals surface area contributed by atoms with Crippen LogP contribution in [0.3, 0.4) is 0 Å². The number of benzene rings is 2. The third-order valence-corrected chi connectivity index (χ3v) is 8.25. The fourth-order valence-corrected chi connectivity index (χ4v) is 5.94. The van der Waals surface area contributed by atoms with Gasteiger partial charge in [0.05, 0.1) is 15.1 Å². The average Bonchev–Trinajstić information content (AvgIpc) is 3.13. The molecule has 3 rings (SSSR count). The van der Waals surface area contributed by atoms with Gasteiger partial charge in [-0.25, -0.2) is 13.4 Å². The molecular formula is C22H27BrClN3O3S2. The van der Waals surface area contributed by atoms with Gasteiger partial charge in [0.1, 0.15) is 5.75 Å². The lowest BCUT2D eigenvalue weighted by Gasteiger charge is -2.24. The van der Waals surface area contributed by atoms with Gasteiger partial charge in [-0.1, -0.05) is 58.8 Å². The fourth-order valence-electron chi connectivity index (χ4n) is 3.18. The Labute approximate surface area is 208 Å². The standard InChI is InChI=1S/C22H26BrN3O3S2.ClH/c1-4-25(5-2)12-13-26(22-24-19-11-8-17(23)14-20(19)30-22)21(27)15-31(28,29)18-9-6-16(3)7-10-18;/h6-11,14H,4-5,12-13,15H2,1-3H3;1H. The van der Waals surface area contributed by atoms with E-state index in [0.717, 1.165) is 33.3 Å². The van der Waals surface area contributed by atoms with Crippen molar-refractivity contribution in [1.82, 2.24) is 9.88 Å². The highest BCUT2D eigenvalue weighted by molar-refractivity contribution is 9.10. The van der Waals surface area contributed by atoms with Crippen LogP contribution in [0.25, 0.3) is 10.2 Å². The molecule has 0 saturated carbocycles. The number of halogens is 2. The zero-order chi connectivity index (χ0) is 22.6. The minimum Gasteiger partial charge on any atom is -0.302 e. The Bertz CT molecular complexity index is 1160. The molecule has 1 aromatic heterocycles. The first-order valence-electron chi connectivity index (χ1n) is 10.1. The van der Waals surface area contributed by atoms with Crippen LogP contribution in [0.2, 0.25) is 0 Å². The summed E-state index contributed by atoms with van der Waals surface area (Å²) in [5.41, 5.74) is 1.75. The molecule has 0 atom stereocenters. The summed E-state index contributed by atoms with van der Waals surface area (Å²) in [4.78, 5) is 21.7. The van der Waals surface area contributed by atoms with E-state index < -0.39 is 21.5 Å². The molecule has 0 saturated heterocycles. The molecule has 0 unspecified atom stereocenters. The van der Waals surface area contributed by atoms with Crippen molar-refractivity contribution in [3.63, 3.8) is 0 Å². The molecule has 0 aliphatic carbocycles. The van der Waals surface area contributed by atoms with Crippen LogP contribution >= 0.6 is 39.7 Å². The Morgan fingerprint density at radius 2 is 1.72 bits per heavy atom. The van der Waals surface area contributed by atoms with Crippen LogP contribution < -0.4 is 4.90 Å². The number of carbonyl (C=O) groups is 1. The second kappa shape index (κ2) is 11.6. The van der Waals surface area contributed by atoms with E-state index in [4.69, 9.17) is 0 Å². The number of rotatable bonds is 9. The summed E-state index contributed by atoms with van der Waals surface area (Å²) in [5.74, 6) is -1.06. The van der Waals surface area contributed by atoms with Crippen LogP contribution in [0.5, 0.6) is 0 Å². The molecular weight excluding hydrogens is 534 g/mol. The van der Waals surface area contributed by atoms with E-state index in [2.05, 4.69) is 39.7 Å². The first kappa shape index (κ1) is 26.7. The monoisotopic (exact) mass is 559 g/mol. The van der Waals surface area contributed by atoms with E-state index in [0.29, 0.717) is 18.2 Å². The molecule has 0 spiro atoms. The normalized spacial score (nSPS) is 11.5. The maximum atomic E-state index is 13.2. The quantitative estimate of drug-likeness (QED) is 0.371. The van der Waals surface area contributed by atoms with Crippen molar-refractivity contribution < 1.29 is 13.2 Å². The van der Waals surface area contributed by atoms with Crippen LogP contribution in [-0.2, 0) is 14.6 Å². The minimum absolute atomic E-state index is 0. The van der Waals surface area contributed by atoms with Crippen LogP contribution in [0.4, 0.5) is 5.13 Å². The van der Waals surface area contributed by atoms with Crippen LogP contribution in [0, 0.1) is 6.92 Å². The molecule has 10 heteroatoms. The zero-order valence-corrected chi connectivity index (χ0v) is 22.3. The Morgan fingerprint density at radius 1 is 1.06 bits per heavy atom. The van der Waals surface area contributed by atoms with E-state index in [9.17, 15) is 13.2 Å². The highest BCUT2D eigenvalue weighted by Crippen LogP contribution is 2.31. The van der Waals surface area contributed by atoms with Crippen molar-refractivity contribution in [2.75, 3.05) is 36.8 Å². The van der Waals surface area contributed by atoms with Crippen molar-refractivity contribution in [1.29, 1.82) is 0 Å². The number of fused-ring (bicyclic) bond motifs is 1. The van der Waals surface area contributed by atoms with Crippen molar-refractivity contribution in [3.8, 4) is 0 Å². The number of anilines is 1. The second-order valence-corrected chi connectivity index (χ2v) is 11.2. The molecule has 2 aromatic carbocycles. The minimum atomic E-state index is -3.75.